The Labute approximate surface area is 182 Å². The van der Waals surface area contributed by atoms with Crippen molar-refractivity contribution in [3.8, 4) is 11.3 Å². The van der Waals surface area contributed by atoms with Crippen molar-refractivity contribution in [1.82, 2.24) is 9.97 Å². The van der Waals surface area contributed by atoms with E-state index in [4.69, 9.17) is 9.72 Å². The van der Waals surface area contributed by atoms with Gasteiger partial charge in [0.15, 0.2) is 5.13 Å². The molecule has 0 aliphatic carbocycles. The maximum absolute atomic E-state index is 13.0. The summed E-state index contributed by atoms with van der Waals surface area (Å²) >= 11 is 3.05. The molecule has 4 aromatic rings. The second kappa shape index (κ2) is 8.14. The molecule has 2 aromatic carbocycles. The van der Waals surface area contributed by atoms with Gasteiger partial charge in [-0.15, -0.1) is 11.3 Å². The van der Waals surface area contributed by atoms with Crippen molar-refractivity contribution >= 4 is 49.6 Å². The summed E-state index contributed by atoms with van der Waals surface area (Å²) in [6.07, 6.45) is 0. The van der Waals surface area contributed by atoms with Gasteiger partial charge in [-0.3, -0.25) is 4.79 Å². The molecule has 1 fully saturated rings. The van der Waals surface area contributed by atoms with E-state index in [1.807, 2.05) is 55.5 Å². The Kier molecular flexibility index (Phi) is 5.20. The molecule has 3 heterocycles. The van der Waals surface area contributed by atoms with Crippen LogP contribution in [-0.2, 0) is 4.74 Å². The zero-order chi connectivity index (χ0) is 20.5. The standard InChI is InChI=1S/C22H20N4O2S2/c1-14-23-19(15-5-3-2-4-6-15)20(29-14)21(27)24-16-7-8-17-18(13-16)30-22(25-17)26-9-11-28-12-10-26/h2-8,13H,9-12H2,1H3,(H,24,27). The van der Waals surface area contributed by atoms with Gasteiger partial charge in [-0.2, -0.15) is 0 Å². The number of thiazole rings is 2. The van der Waals surface area contributed by atoms with Gasteiger partial charge in [-0.25, -0.2) is 9.97 Å². The van der Waals surface area contributed by atoms with E-state index in [0.717, 1.165) is 63.6 Å². The van der Waals surface area contributed by atoms with Gasteiger partial charge in [0.2, 0.25) is 0 Å². The van der Waals surface area contributed by atoms with Gasteiger partial charge in [0, 0.05) is 24.3 Å². The Morgan fingerprint density at radius 1 is 1.07 bits per heavy atom. The highest BCUT2D eigenvalue weighted by Crippen LogP contribution is 2.32. The van der Waals surface area contributed by atoms with Gasteiger partial charge in [0.1, 0.15) is 4.88 Å². The Hall–Kier alpha value is -2.81. The van der Waals surface area contributed by atoms with Gasteiger partial charge in [-0.05, 0) is 25.1 Å². The van der Waals surface area contributed by atoms with E-state index in [9.17, 15) is 4.79 Å². The zero-order valence-electron chi connectivity index (χ0n) is 16.4. The fourth-order valence-electron chi connectivity index (χ4n) is 3.44. The lowest BCUT2D eigenvalue weighted by molar-refractivity contribution is 0.103. The predicted molar refractivity (Wildman–Crippen MR) is 123 cm³/mol. The number of fused-ring (bicyclic) bond motifs is 1. The fourth-order valence-corrected chi connectivity index (χ4v) is 5.33. The van der Waals surface area contributed by atoms with Crippen LogP contribution in [-0.4, -0.2) is 42.2 Å². The summed E-state index contributed by atoms with van der Waals surface area (Å²) < 4.78 is 6.48. The number of hydrogen-bond donors (Lipinski definition) is 1. The lowest BCUT2D eigenvalue weighted by Crippen LogP contribution is -2.36. The summed E-state index contributed by atoms with van der Waals surface area (Å²) in [5.74, 6) is -0.142. The second-order valence-electron chi connectivity index (χ2n) is 7.01. The molecule has 0 saturated carbocycles. The molecule has 1 aliphatic rings. The van der Waals surface area contributed by atoms with Crippen LogP contribution >= 0.6 is 22.7 Å². The molecule has 1 saturated heterocycles. The minimum absolute atomic E-state index is 0.142. The highest BCUT2D eigenvalue weighted by atomic mass is 32.1. The lowest BCUT2D eigenvalue weighted by atomic mass is 10.1. The van der Waals surface area contributed by atoms with Gasteiger partial charge >= 0.3 is 0 Å². The molecule has 0 spiro atoms. The molecule has 0 unspecified atom stereocenters. The molecule has 5 rings (SSSR count). The number of morpholine rings is 1. The number of aromatic nitrogens is 2. The topological polar surface area (TPSA) is 67.4 Å². The highest BCUT2D eigenvalue weighted by molar-refractivity contribution is 7.22. The van der Waals surface area contributed by atoms with E-state index in [1.54, 1.807) is 11.3 Å². The van der Waals surface area contributed by atoms with Crippen LogP contribution in [0.15, 0.2) is 48.5 Å². The number of anilines is 2. The third kappa shape index (κ3) is 3.81. The molecule has 8 heteroatoms. The van der Waals surface area contributed by atoms with Gasteiger partial charge in [-0.1, -0.05) is 41.7 Å². The van der Waals surface area contributed by atoms with Gasteiger partial charge < -0.3 is 15.0 Å². The molecule has 0 atom stereocenters. The van der Waals surface area contributed by atoms with E-state index >= 15 is 0 Å². The highest BCUT2D eigenvalue weighted by Gasteiger charge is 2.19. The third-order valence-electron chi connectivity index (χ3n) is 4.90. The smallest absolute Gasteiger partial charge is 0.268 e. The average molecular weight is 437 g/mol. The van der Waals surface area contributed by atoms with Crippen LogP contribution in [0.2, 0.25) is 0 Å². The van der Waals surface area contributed by atoms with Crippen molar-refractivity contribution < 1.29 is 9.53 Å². The molecule has 6 nitrogen and oxygen atoms in total. The molecule has 1 aliphatic heterocycles. The number of amides is 1. The predicted octanol–water partition coefficient (Wildman–Crippen LogP) is 4.82. The van der Waals surface area contributed by atoms with E-state index < -0.39 is 0 Å². The largest absolute Gasteiger partial charge is 0.378 e. The Bertz CT molecular complexity index is 1200. The van der Waals surface area contributed by atoms with Crippen LogP contribution in [0.5, 0.6) is 0 Å². The summed E-state index contributed by atoms with van der Waals surface area (Å²) in [4.78, 5) is 25.2. The number of aryl methyl sites for hydroxylation is 1. The first-order valence-electron chi connectivity index (χ1n) is 9.75. The Morgan fingerprint density at radius 3 is 2.67 bits per heavy atom. The summed E-state index contributed by atoms with van der Waals surface area (Å²) in [5.41, 5.74) is 3.37. The number of rotatable bonds is 4. The number of nitrogens with zero attached hydrogens (tertiary/aromatic N) is 3. The van der Waals surface area contributed by atoms with Crippen molar-refractivity contribution in [3.05, 3.63) is 58.4 Å². The van der Waals surface area contributed by atoms with Crippen LogP contribution < -0.4 is 10.2 Å². The molecule has 1 amide bonds. The monoisotopic (exact) mass is 436 g/mol. The van der Waals surface area contributed by atoms with Crippen molar-refractivity contribution in [2.45, 2.75) is 6.92 Å². The lowest BCUT2D eigenvalue weighted by Gasteiger charge is -2.25. The number of ether oxygens (including phenoxy) is 1. The molecule has 30 heavy (non-hydrogen) atoms. The average Bonchev–Trinajstić information content (AvgIpc) is 3.38. The van der Waals surface area contributed by atoms with E-state index in [1.165, 1.54) is 11.3 Å². The first kappa shape index (κ1) is 19.2. The molecule has 152 valence electrons. The fraction of sp³-hybridized carbons (Fsp3) is 0.227. The maximum atomic E-state index is 13.0. The van der Waals surface area contributed by atoms with Gasteiger partial charge in [0.25, 0.3) is 5.91 Å². The number of benzene rings is 2. The van der Waals surface area contributed by atoms with Crippen molar-refractivity contribution in [1.29, 1.82) is 0 Å². The SMILES string of the molecule is Cc1nc(-c2ccccc2)c(C(=O)Nc2ccc3nc(N4CCOCC4)sc3c2)s1. The quantitative estimate of drug-likeness (QED) is 0.497. The number of hydrogen-bond acceptors (Lipinski definition) is 7. The zero-order valence-corrected chi connectivity index (χ0v) is 18.1. The first-order valence-corrected chi connectivity index (χ1v) is 11.4. The Balaban J connectivity index is 1.40. The van der Waals surface area contributed by atoms with Crippen LogP contribution in [0, 0.1) is 6.92 Å². The Morgan fingerprint density at radius 2 is 1.87 bits per heavy atom. The molecular weight excluding hydrogens is 416 g/mol. The number of nitrogens with one attached hydrogen (secondary N) is 1. The maximum Gasteiger partial charge on any atom is 0.268 e. The number of carbonyl (C=O) groups is 1. The van der Waals surface area contributed by atoms with E-state index in [0.29, 0.717) is 4.88 Å². The second-order valence-corrected chi connectivity index (χ2v) is 9.22. The van der Waals surface area contributed by atoms with Crippen LogP contribution in [0.3, 0.4) is 0 Å². The van der Waals surface area contributed by atoms with Crippen LogP contribution in [0.25, 0.3) is 21.5 Å². The molecule has 0 radical (unpaired) electrons. The normalized spacial score (nSPS) is 14.2. The van der Waals surface area contributed by atoms with Crippen molar-refractivity contribution in [2.75, 3.05) is 36.5 Å². The first-order chi connectivity index (χ1) is 14.7. The molecule has 0 bridgehead atoms. The molecule has 1 N–H and O–H groups in total. The van der Waals surface area contributed by atoms with Gasteiger partial charge in [0.05, 0.1) is 34.1 Å². The van der Waals surface area contributed by atoms with E-state index in [-0.39, 0.29) is 5.91 Å². The molecule has 2 aromatic heterocycles. The minimum atomic E-state index is -0.142. The third-order valence-corrected chi connectivity index (χ3v) is 6.95. The minimum Gasteiger partial charge on any atom is -0.378 e. The van der Waals surface area contributed by atoms with Crippen LogP contribution in [0.1, 0.15) is 14.7 Å². The summed E-state index contributed by atoms with van der Waals surface area (Å²) in [6.45, 7) is 5.10. The van der Waals surface area contributed by atoms with E-state index in [2.05, 4.69) is 15.2 Å². The summed E-state index contributed by atoms with van der Waals surface area (Å²) in [5, 5.41) is 4.91. The summed E-state index contributed by atoms with van der Waals surface area (Å²) in [6, 6.07) is 15.7. The molecular formula is C22H20N4O2S2. The summed E-state index contributed by atoms with van der Waals surface area (Å²) in [7, 11) is 0. The van der Waals surface area contributed by atoms with Crippen molar-refractivity contribution in [3.63, 3.8) is 0 Å². The number of carbonyl (C=O) groups excluding carboxylic acids is 1. The van der Waals surface area contributed by atoms with Crippen molar-refractivity contribution in [2.24, 2.45) is 0 Å². The van der Waals surface area contributed by atoms with Crippen LogP contribution in [0.4, 0.5) is 10.8 Å².